The van der Waals surface area contributed by atoms with Crippen LogP contribution in [-0.2, 0) is 0 Å². The van der Waals surface area contributed by atoms with E-state index in [-0.39, 0.29) is 5.56 Å². The number of aromatic nitrogens is 4. The van der Waals surface area contributed by atoms with E-state index in [2.05, 4.69) is 30.9 Å². The number of imidazole rings is 1. The fourth-order valence-electron chi connectivity index (χ4n) is 2.64. The van der Waals surface area contributed by atoms with Crippen LogP contribution >= 0.6 is 15.9 Å². The maximum absolute atomic E-state index is 12.5. The fourth-order valence-corrected chi connectivity index (χ4v) is 2.97. The average Bonchev–Trinajstić information content (AvgIpc) is 2.94. The zero-order valence-electron chi connectivity index (χ0n) is 12.8. The summed E-state index contributed by atoms with van der Waals surface area (Å²) < 4.78 is 8.31. The molecule has 7 heteroatoms. The molecule has 4 rings (SSSR count). The van der Waals surface area contributed by atoms with Crippen LogP contribution in [0.3, 0.4) is 0 Å². The number of hydrogen-bond acceptors (Lipinski definition) is 4. The van der Waals surface area contributed by atoms with Gasteiger partial charge in [0.25, 0.3) is 5.56 Å². The molecule has 1 aromatic carbocycles. The molecule has 6 nitrogen and oxygen atoms in total. The molecule has 24 heavy (non-hydrogen) atoms. The molecular formula is C17H13BrN4O2. The van der Waals surface area contributed by atoms with Crippen molar-refractivity contribution in [3.63, 3.8) is 0 Å². The van der Waals surface area contributed by atoms with Gasteiger partial charge in [-0.15, -0.1) is 0 Å². The van der Waals surface area contributed by atoms with Gasteiger partial charge in [-0.2, -0.15) is 0 Å². The van der Waals surface area contributed by atoms with Gasteiger partial charge >= 0.3 is 0 Å². The summed E-state index contributed by atoms with van der Waals surface area (Å²) in [6, 6.07) is 11.2. The predicted octanol–water partition coefficient (Wildman–Crippen LogP) is 3.40. The topological polar surface area (TPSA) is 72.3 Å². The third-order valence-corrected chi connectivity index (χ3v) is 4.13. The molecule has 0 bridgehead atoms. The standard InChI is InChI=1S/C17H13BrN4O2/c1-2-24-12-6-4-3-5-11(12)15-20-16-14(17(23)21-15)19-13-8-7-10(18)9-22(13)16/h3-9H,2H2,1H3,(H,20,21,23). The Kier molecular flexibility index (Phi) is 3.57. The van der Waals surface area contributed by atoms with Crippen molar-refractivity contribution in [1.29, 1.82) is 0 Å². The van der Waals surface area contributed by atoms with Crippen LogP contribution in [0, 0.1) is 0 Å². The van der Waals surface area contributed by atoms with Crippen molar-refractivity contribution in [3.8, 4) is 17.1 Å². The number of H-pyrrole nitrogens is 1. The first-order valence-corrected chi connectivity index (χ1v) is 8.26. The highest BCUT2D eigenvalue weighted by atomic mass is 79.9. The van der Waals surface area contributed by atoms with Crippen LogP contribution < -0.4 is 10.3 Å². The molecule has 0 saturated heterocycles. The van der Waals surface area contributed by atoms with E-state index in [9.17, 15) is 4.79 Å². The van der Waals surface area contributed by atoms with Gasteiger partial charge in [0.15, 0.2) is 11.2 Å². The van der Waals surface area contributed by atoms with Crippen molar-refractivity contribution in [2.75, 3.05) is 6.61 Å². The molecule has 120 valence electrons. The van der Waals surface area contributed by atoms with Crippen molar-refractivity contribution in [2.24, 2.45) is 0 Å². The molecule has 1 N–H and O–H groups in total. The number of rotatable bonds is 3. The van der Waals surface area contributed by atoms with E-state index in [1.54, 1.807) is 4.40 Å². The second kappa shape index (κ2) is 5.76. The van der Waals surface area contributed by atoms with Crippen LogP contribution in [0.4, 0.5) is 0 Å². The highest BCUT2D eigenvalue weighted by molar-refractivity contribution is 9.10. The summed E-state index contributed by atoms with van der Waals surface area (Å²) >= 11 is 3.43. The number of pyridine rings is 1. The maximum atomic E-state index is 12.5. The quantitative estimate of drug-likeness (QED) is 0.587. The SMILES string of the molecule is CCOc1ccccc1-c1nc2c(nc3ccc(Br)cn32)c(=O)[nH]1. The van der Waals surface area contributed by atoms with Crippen molar-refractivity contribution >= 4 is 32.7 Å². The van der Waals surface area contributed by atoms with E-state index in [4.69, 9.17) is 4.74 Å². The first-order chi connectivity index (χ1) is 11.7. The highest BCUT2D eigenvalue weighted by Crippen LogP contribution is 2.27. The predicted molar refractivity (Wildman–Crippen MR) is 95.4 cm³/mol. The molecule has 0 saturated carbocycles. The summed E-state index contributed by atoms with van der Waals surface area (Å²) in [4.78, 5) is 24.3. The molecule has 0 fully saturated rings. The zero-order chi connectivity index (χ0) is 16.7. The second-order valence-corrected chi connectivity index (χ2v) is 6.12. The lowest BCUT2D eigenvalue weighted by molar-refractivity contribution is 0.341. The molecule has 0 unspecified atom stereocenters. The van der Waals surface area contributed by atoms with Gasteiger partial charge in [0, 0.05) is 10.7 Å². The monoisotopic (exact) mass is 384 g/mol. The number of benzene rings is 1. The Labute approximate surface area is 145 Å². The van der Waals surface area contributed by atoms with Gasteiger partial charge in [0.2, 0.25) is 0 Å². The molecule has 0 aliphatic rings. The molecule has 0 aliphatic carbocycles. The van der Waals surface area contributed by atoms with Gasteiger partial charge in [0.05, 0.1) is 12.2 Å². The van der Waals surface area contributed by atoms with Gasteiger partial charge in [-0.3, -0.25) is 9.20 Å². The Morgan fingerprint density at radius 3 is 2.88 bits per heavy atom. The summed E-state index contributed by atoms with van der Waals surface area (Å²) in [5.41, 5.74) is 1.95. The summed E-state index contributed by atoms with van der Waals surface area (Å²) in [5, 5.41) is 0. The molecule has 3 aromatic heterocycles. The van der Waals surface area contributed by atoms with Crippen molar-refractivity contribution in [2.45, 2.75) is 6.92 Å². The molecule has 0 aliphatic heterocycles. The molecule has 4 aromatic rings. The minimum Gasteiger partial charge on any atom is -0.493 e. The maximum Gasteiger partial charge on any atom is 0.279 e. The van der Waals surface area contributed by atoms with E-state index in [1.165, 1.54) is 0 Å². The summed E-state index contributed by atoms with van der Waals surface area (Å²) in [7, 11) is 0. The number of nitrogens with zero attached hydrogens (tertiary/aromatic N) is 3. The third kappa shape index (κ3) is 2.37. The van der Waals surface area contributed by atoms with Crippen LogP contribution in [0.2, 0.25) is 0 Å². The van der Waals surface area contributed by atoms with E-state index >= 15 is 0 Å². The molecule has 0 spiro atoms. The van der Waals surface area contributed by atoms with Crippen LogP contribution in [0.25, 0.3) is 28.2 Å². The Morgan fingerprint density at radius 2 is 2.04 bits per heavy atom. The van der Waals surface area contributed by atoms with Crippen molar-refractivity contribution in [3.05, 3.63) is 57.4 Å². The minimum atomic E-state index is -0.277. The molecular weight excluding hydrogens is 372 g/mol. The van der Waals surface area contributed by atoms with E-state index < -0.39 is 0 Å². The molecule has 0 amide bonds. The Bertz CT molecular complexity index is 1120. The summed E-state index contributed by atoms with van der Waals surface area (Å²) in [5.74, 6) is 1.14. The molecule has 0 radical (unpaired) electrons. The second-order valence-electron chi connectivity index (χ2n) is 5.20. The number of fused-ring (bicyclic) bond motifs is 3. The largest absolute Gasteiger partial charge is 0.493 e. The van der Waals surface area contributed by atoms with E-state index in [0.29, 0.717) is 35.0 Å². The smallest absolute Gasteiger partial charge is 0.279 e. The average molecular weight is 385 g/mol. The van der Waals surface area contributed by atoms with E-state index in [0.717, 1.165) is 10.0 Å². The van der Waals surface area contributed by atoms with E-state index in [1.807, 2.05) is 49.5 Å². The van der Waals surface area contributed by atoms with Crippen LogP contribution in [0.1, 0.15) is 6.92 Å². The number of halogens is 1. The number of para-hydroxylation sites is 1. The first-order valence-electron chi connectivity index (χ1n) is 7.47. The normalized spacial score (nSPS) is 11.2. The lowest BCUT2D eigenvalue weighted by atomic mass is 10.2. The van der Waals surface area contributed by atoms with Gasteiger partial charge < -0.3 is 9.72 Å². The molecule has 0 atom stereocenters. The first kappa shape index (κ1) is 14.9. The minimum absolute atomic E-state index is 0.277. The Morgan fingerprint density at radius 1 is 1.21 bits per heavy atom. The zero-order valence-corrected chi connectivity index (χ0v) is 14.4. The molecule has 3 heterocycles. The lowest BCUT2D eigenvalue weighted by Crippen LogP contribution is -2.10. The Hall–Kier alpha value is -2.67. The Balaban J connectivity index is 2.03. The lowest BCUT2D eigenvalue weighted by Gasteiger charge is -2.09. The number of aromatic amines is 1. The van der Waals surface area contributed by atoms with Crippen LogP contribution in [-0.4, -0.2) is 26.0 Å². The van der Waals surface area contributed by atoms with Gasteiger partial charge in [-0.1, -0.05) is 12.1 Å². The number of nitrogens with one attached hydrogen (secondary N) is 1. The highest BCUT2D eigenvalue weighted by Gasteiger charge is 2.14. The van der Waals surface area contributed by atoms with Gasteiger partial charge in [-0.25, -0.2) is 9.97 Å². The summed E-state index contributed by atoms with van der Waals surface area (Å²) in [6.07, 6.45) is 1.84. The number of hydrogen-bond donors (Lipinski definition) is 1. The number of ether oxygens (including phenoxy) is 1. The van der Waals surface area contributed by atoms with Crippen molar-refractivity contribution < 1.29 is 4.74 Å². The third-order valence-electron chi connectivity index (χ3n) is 3.66. The van der Waals surface area contributed by atoms with Gasteiger partial charge in [0.1, 0.15) is 17.2 Å². The van der Waals surface area contributed by atoms with Gasteiger partial charge in [-0.05, 0) is 47.1 Å². The van der Waals surface area contributed by atoms with Crippen LogP contribution in [0.5, 0.6) is 5.75 Å². The van der Waals surface area contributed by atoms with Crippen molar-refractivity contribution in [1.82, 2.24) is 19.4 Å². The summed E-state index contributed by atoms with van der Waals surface area (Å²) in [6.45, 7) is 2.45. The fraction of sp³-hybridized carbons (Fsp3) is 0.118. The van der Waals surface area contributed by atoms with Crippen LogP contribution in [0.15, 0.2) is 51.9 Å².